The van der Waals surface area contributed by atoms with Crippen LogP contribution in [0.5, 0.6) is 0 Å². The number of carbonyl (C=O) groups is 1. The molecule has 1 amide bonds. The standard InChI is InChI=1S/C23H29N3OS/c1-2-14-25-15-11-18(12-16-25)24-23(27)13-17-26-19-7-3-5-9-21(19)28-22-10-6-4-8-20(22)26/h3-10,18H,2,11-17H2,1H3,(H,24,27). The Hall–Kier alpha value is -1.98. The zero-order valence-electron chi connectivity index (χ0n) is 16.6. The maximum absolute atomic E-state index is 12.6. The molecule has 2 aliphatic heterocycles. The zero-order valence-corrected chi connectivity index (χ0v) is 17.4. The second kappa shape index (κ2) is 9.01. The maximum Gasteiger partial charge on any atom is 0.222 e. The van der Waals surface area contributed by atoms with Crippen molar-refractivity contribution in [1.29, 1.82) is 0 Å². The van der Waals surface area contributed by atoms with E-state index in [0.29, 0.717) is 19.0 Å². The van der Waals surface area contributed by atoms with Gasteiger partial charge in [-0.25, -0.2) is 0 Å². The molecule has 2 aromatic carbocycles. The molecule has 0 spiro atoms. The molecule has 0 saturated carbocycles. The van der Waals surface area contributed by atoms with Crippen molar-refractivity contribution in [3.8, 4) is 0 Å². The van der Waals surface area contributed by atoms with Gasteiger partial charge in [0, 0.05) is 41.9 Å². The largest absolute Gasteiger partial charge is 0.353 e. The van der Waals surface area contributed by atoms with Crippen LogP contribution in [0.15, 0.2) is 58.3 Å². The molecule has 0 radical (unpaired) electrons. The normalized spacial score (nSPS) is 17.1. The molecule has 0 unspecified atom stereocenters. The first-order valence-electron chi connectivity index (χ1n) is 10.4. The van der Waals surface area contributed by atoms with Crippen LogP contribution in [0.1, 0.15) is 32.6 Å². The highest BCUT2D eigenvalue weighted by Crippen LogP contribution is 2.47. The highest BCUT2D eigenvalue weighted by Gasteiger charge is 2.24. The Labute approximate surface area is 172 Å². The predicted molar refractivity (Wildman–Crippen MR) is 117 cm³/mol. The maximum atomic E-state index is 12.6. The highest BCUT2D eigenvalue weighted by atomic mass is 32.2. The van der Waals surface area contributed by atoms with Crippen molar-refractivity contribution in [3.05, 3.63) is 48.5 Å². The third-order valence-electron chi connectivity index (χ3n) is 5.59. The molecule has 148 valence electrons. The average molecular weight is 396 g/mol. The van der Waals surface area contributed by atoms with E-state index >= 15 is 0 Å². The van der Waals surface area contributed by atoms with Crippen LogP contribution in [0.2, 0.25) is 0 Å². The summed E-state index contributed by atoms with van der Waals surface area (Å²) >= 11 is 1.81. The number of rotatable bonds is 6. The molecule has 2 heterocycles. The van der Waals surface area contributed by atoms with Crippen molar-refractivity contribution in [2.24, 2.45) is 0 Å². The SMILES string of the molecule is CCCN1CCC(NC(=O)CCN2c3ccccc3Sc3ccccc32)CC1. The van der Waals surface area contributed by atoms with Gasteiger partial charge >= 0.3 is 0 Å². The van der Waals surface area contributed by atoms with Gasteiger partial charge in [-0.3, -0.25) is 4.79 Å². The lowest BCUT2D eigenvalue weighted by Crippen LogP contribution is -2.45. The third kappa shape index (κ3) is 4.36. The lowest BCUT2D eigenvalue weighted by molar-refractivity contribution is -0.121. The molecule has 0 bridgehead atoms. The minimum atomic E-state index is 0.169. The molecular formula is C23H29N3OS. The van der Waals surface area contributed by atoms with Crippen LogP contribution in [0.3, 0.4) is 0 Å². The first kappa shape index (κ1) is 19.3. The predicted octanol–water partition coefficient (Wildman–Crippen LogP) is 4.67. The Bertz CT molecular complexity index is 771. The van der Waals surface area contributed by atoms with Crippen LogP contribution in [0.4, 0.5) is 11.4 Å². The molecule has 0 aliphatic carbocycles. The van der Waals surface area contributed by atoms with E-state index < -0.39 is 0 Å². The van der Waals surface area contributed by atoms with E-state index in [2.05, 4.69) is 70.6 Å². The van der Waals surface area contributed by atoms with E-state index in [-0.39, 0.29) is 5.91 Å². The van der Waals surface area contributed by atoms with Gasteiger partial charge in [-0.05, 0) is 50.1 Å². The van der Waals surface area contributed by atoms with Gasteiger partial charge in [0.25, 0.3) is 0 Å². The van der Waals surface area contributed by atoms with Gasteiger partial charge in [0.05, 0.1) is 11.4 Å². The number of hydrogen-bond acceptors (Lipinski definition) is 4. The van der Waals surface area contributed by atoms with Crippen LogP contribution in [0.25, 0.3) is 0 Å². The number of nitrogens with one attached hydrogen (secondary N) is 1. The van der Waals surface area contributed by atoms with E-state index in [1.165, 1.54) is 34.1 Å². The number of carbonyl (C=O) groups excluding carboxylic acids is 1. The fourth-order valence-electron chi connectivity index (χ4n) is 4.15. The van der Waals surface area contributed by atoms with Crippen molar-refractivity contribution in [2.75, 3.05) is 31.1 Å². The summed E-state index contributed by atoms with van der Waals surface area (Å²) in [6.07, 6.45) is 3.85. The molecule has 4 nitrogen and oxygen atoms in total. The lowest BCUT2D eigenvalue weighted by Gasteiger charge is -2.33. The van der Waals surface area contributed by atoms with Gasteiger partial charge in [0.15, 0.2) is 0 Å². The van der Waals surface area contributed by atoms with Crippen molar-refractivity contribution < 1.29 is 4.79 Å². The Morgan fingerprint density at radius 2 is 1.61 bits per heavy atom. The number of amides is 1. The molecule has 2 aliphatic rings. The van der Waals surface area contributed by atoms with Gasteiger partial charge in [0.1, 0.15) is 0 Å². The number of nitrogens with zero attached hydrogens (tertiary/aromatic N) is 2. The highest BCUT2D eigenvalue weighted by molar-refractivity contribution is 7.99. The van der Waals surface area contributed by atoms with Crippen LogP contribution in [0, 0.1) is 0 Å². The smallest absolute Gasteiger partial charge is 0.222 e. The molecule has 1 N–H and O–H groups in total. The van der Waals surface area contributed by atoms with Crippen LogP contribution >= 0.6 is 11.8 Å². The van der Waals surface area contributed by atoms with Crippen molar-refractivity contribution in [2.45, 2.75) is 48.4 Å². The number of piperidine rings is 1. The van der Waals surface area contributed by atoms with E-state index in [1.807, 2.05) is 0 Å². The lowest BCUT2D eigenvalue weighted by atomic mass is 10.0. The van der Waals surface area contributed by atoms with Crippen molar-refractivity contribution >= 4 is 29.0 Å². The van der Waals surface area contributed by atoms with E-state index in [1.54, 1.807) is 11.8 Å². The number of benzene rings is 2. The summed E-state index contributed by atoms with van der Waals surface area (Å²) in [6.45, 7) is 6.30. The fourth-order valence-corrected chi connectivity index (χ4v) is 5.25. The van der Waals surface area contributed by atoms with Gasteiger partial charge in [-0.1, -0.05) is 43.0 Å². The first-order valence-corrected chi connectivity index (χ1v) is 11.2. The monoisotopic (exact) mass is 395 g/mol. The fraction of sp³-hybridized carbons (Fsp3) is 0.435. The summed E-state index contributed by atoms with van der Waals surface area (Å²) in [4.78, 5) is 19.9. The molecule has 5 heteroatoms. The van der Waals surface area contributed by atoms with Gasteiger partial charge in [-0.15, -0.1) is 0 Å². The molecule has 0 atom stereocenters. The Morgan fingerprint density at radius 3 is 2.21 bits per heavy atom. The molecule has 1 fully saturated rings. The third-order valence-corrected chi connectivity index (χ3v) is 6.72. The second-order valence-electron chi connectivity index (χ2n) is 7.62. The summed E-state index contributed by atoms with van der Waals surface area (Å²) in [5.74, 6) is 0.169. The van der Waals surface area contributed by atoms with Gasteiger partial charge in [-0.2, -0.15) is 0 Å². The minimum Gasteiger partial charge on any atom is -0.353 e. The Morgan fingerprint density at radius 1 is 1.00 bits per heavy atom. The second-order valence-corrected chi connectivity index (χ2v) is 8.71. The minimum absolute atomic E-state index is 0.169. The van der Waals surface area contributed by atoms with Gasteiger partial charge < -0.3 is 15.1 Å². The molecule has 4 rings (SSSR count). The van der Waals surface area contributed by atoms with E-state index in [4.69, 9.17) is 0 Å². The number of anilines is 2. The van der Waals surface area contributed by atoms with Crippen LogP contribution in [-0.2, 0) is 4.79 Å². The molecule has 2 aromatic rings. The van der Waals surface area contributed by atoms with E-state index in [9.17, 15) is 4.79 Å². The molecule has 1 saturated heterocycles. The number of hydrogen-bond donors (Lipinski definition) is 1. The van der Waals surface area contributed by atoms with Gasteiger partial charge in [0.2, 0.25) is 5.91 Å². The number of para-hydroxylation sites is 2. The summed E-state index contributed by atoms with van der Waals surface area (Å²) in [5.41, 5.74) is 2.40. The summed E-state index contributed by atoms with van der Waals surface area (Å²) < 4.78 is 0. The summed E-state index contributed by atoms with van der Waals surface area (Å²) in [6, 6.07) is 17.3. The van der Waals surface area contributed by atoms with E-state index in [0.717, 1.165) is 25.9 Å². The van der Waals surface area contributed by atoms with Crippen LogP contribution in [-0.4, -0.2) is 43.0 Å². The molecule has 0 aromatic heterocycles. The molecule has 28 heavy (non-hydrogen) atoms. The Kier molecular flexibility index (Phi) is 6.23. The Balaban J connectivity index is 1.37. The first-order chi connectivity index (χ1) is 13.7. The zero-order chi connectivity index (χ0) is 19.3. The quantitative estimate of drug-likeness (QED) is 0.771. The summed E-state index contributed by atoms with van der Waals surface area (Å²) in [5, 5.41) is 3.27. The average Bonchev–Trinajstić information content (AvgIpc) is 2.73. The van der Waals surface area contributed by atoms with Crippen LogP contribution < -0.4 is 10.2 Å². The summed E-state index contributed by atoms with van der Waals surface area (Å²) in [7, 11) is 0. The number of fused-ring (bicyclic) bond motifs is 2. The molecular weight excluding hydrogens is 366 g/mol. The van der Waals surface area contributed by atoms with Crippen molar-refractivity contribution in [1.82, 2.24) is 10.2 Å². The topological polar surface area (TPSA) is 35.6 Å². The van der Waals surface area contributed by atoms with Crippen molar-refractivity contribution in [3.63, 3.8) is 0 Å². The number of likely N-dealkylation sites (tertiary alicyclic amines) is 1.